The quantitative estimate of drug-likeness (QED) is 0.766. The number of para-hydroxylation sites is 1. The molecule has 1 atom stereocenters. The van der Waals surface area contributed by atoms with Crippen LogP contribution in [0.5, 0.6) is 0 Å². The van der Waals surface area contributed by atoms with Crippen LogP contribution in [0.2, 0.25) is 5.02 Å². The first-order valence-electron chi connectivity index (χ1n) is 7.59. The molecular formula is C19H14ClN3O. The second-order valence-electron chi connectivity index (χ2n) is 5.50. The fourth-order valence-electron chi connectivity index (χ4n) is 2.95. The summed E-state index contributed by atoms with van der Waals surface area (Å²) in [7, 11) is 0. The van der Waals surface area contributed by atoms with Crippen molar-refractivity contribution in [1.29, 1.82) is 0 Å². The molecule has 4 rings (SSSR count). The lowest BCUT2D eigenvalue weighted by Gasteiger charge is -2.27. The number of nitrogens with one attached hydrogen (secondary N) is 1. The number of pyridine rings is 1. The van der Waals surface area contributed by atoms with Gasteiger partial charge in [0.15, 0.2) is 0 Å². The molecule has 118 valence electrons. The number of benzene rings is 2. The van der Waals surface area contributed by atoms with E-state index in [4.69, 9.17) is 11.6 Å². The molecule has 1 aliphatic heterocycles. The Balaban J connectivity index is 1.81. The van der Waals surface area contributed by atoms with Crippen molar-refractivity contribution in [2.45, 2.75) is 6.17 Å². The molecule has 0 radical (unpaired) electrons. The summed E-state index contributed by atoms with van der Waals surface area (Å²) in [5.74, 6) is -0.0526. The Bertz CT molecular complexity index is 898. The van der Waals surface area contributed by atoms with Crippen molar-refractivity contribution in [2.24, 2.45) is 0 Å². The van der Waals surface area contributed by atoms with E-state index in [1.807, 2.05) is 60.7 Å². The predicted molar refractivity (Wildman–Crippen MR) is 95.3 cm³/mol. The van der Waals surface area contributed by atoms with Crippen molar-refractivity contribution in [3.8, 4) is 0 Å². The number of anilines is 2. The maximum Gasteiger partial charge on any atom is 0.260 e. The highest BCUT2D eigenvalue weighted by atomic mass is 35.5. The Morgan fingerprint density at radius 1 is 1.00 bits per heavy atom. The summed E-state index contributed by atoms with van der Waals surface area (Å²) in [6.45, 7) is 0. The van der Waals surface area contributed by atoms with Gasteiger partial charge in [0, 0.05) is 17.3 Å². The largest absolute Gasteiger partial charge is 0.360 e. The van der Waals surface area contributed by atoms with E-state index in [2.05, 4.69) is 10.3 Å². The van der Waals surface area contributed by atoms with Gasteiger partial charge >= 0.3 is 0 Å². The summed E-state index contributed by atoms with van der Waals surface area (Å²) >= 11 is 6.28. The lowest BCUT2D eigenvalue weighted by molar-refractivity contribution is 0.0993. The van der Waals surface area contributed by atoms with E-state index in [-0.39, 0.29) is 12.1 Å². The number of halogens is 1. The van der Waals surface area contributed by atoms with Gasteiger partial charge in [-0.2, -0.15) is 0 Å². The highest BCUT2D eigenvalue weighted by Crippen LogP contribution is 2.38. The first kappa shape index (κ1) is 14.7. The van der Waals surface area contributed by atoms with Gasteiger partial charge in [0.05, 0.1) is 22.6 Å². The Morgan fingerprint density at radius 3 is 2.58 bits per heavy atom. The summed E-state index contributed by atoms with van der Waals surface area (Å²) in [5, 5.41) is 4.00. The van der Waals surface area contributed by atoms with Crippen molar-refractivity contribution in [3.63, 3.8) is 0 Å². The van der Waals surface area contributed by atoms with Crippen LogP contribution in [0.4, 0.5) is 11.4 Å². The van der Waals surface area contributed by atoms with E-state index in [9.17, 15) is 4.79 Å². The first-order chi connectivity index (χ1) is 11.8. The number of carbonyl (C=O) groups excluding carboxylic acids is 1. The second-order valence-corrected chi connectivity index (χ2v) is 5.91. The average molecular weight is 336 g/mol. The molecule has 0 saturated heterocycles. The number of carbonyl (C=O) groups is 1. The normalized spacial score (nSPS) is 16.1. The van der Waals surface area contributed by atoms with E-state index in [1.165, 1.54) is 0 Å². The monoisotopic (exact) mass is 335 g/mol. The number of fused-ring (bicyclic) bond motifs is 1. The van der Waals surface area contributed by atoms with Crippen LogP contribution in [0.3, 0.4) is 0 Å². The number of hydrogen-bond acceptors (Lipinski definition) is 3. The molecule has 0 fully saturated rings. The van der Waals surface area contributed by atoms with E-state index in [0.29, 0.717) is 10.6 Å². The van der Waals surface area contributed by atoms with Crippen molar-refractivity contribution < 1.29 is 4.79 Å². The Hall–Kier alpha value is -2.85. The highest BCUT2D eigenvalue weighted by Gasteiger charge is 2.37. The molecule has 0 aliphatic carbocycles. The summed E-state index contributed by atoms with van der Waals surface area (Å²) in [5.41, 5.74) is 3.13. The van der Waals surface area contributed by atoms with Crippen LogP contribution >= 0.6 is 11.6 Å². The van der Waals surface area contributed by atoms with Crippen LogP contribution in [0, 0.1) is 0 Å². The molecule has 4 nitrogen and oxygen atoms in total. The van der Waals surface area contributed by atoms with Gasteiger partial charge in [0.1, 0.15) is 6.17 Å². The maximum atomic E-state index is 12.9. The van der Waals surface area contributed by atoms with Crippen LogP contribution in [-0.4, -0.2) is 10.9 Å². The second kappa shape index (κ2) is 5.98. The lowest BCUT2D eigenvalue weighted by Crippen LogP contribution is -2.32. The zero-order valence-electron chi connectivity index (χ0n) is 12.7. The minimum atomic E-state index is -0.335. The van der Waals surface area contributed by atoms with Crippen LogP contribution in [-0.2, 0) is 0 Å². The van der Waals surface area contributed by atoms with Crippen LogP contribution in [0.15, 0.2) is 73.1 Å². The number of amides is 1. The summed E-state index contributed by atoms with van der Waals surface area (Å²) in [4.78, 5) is 18.8. The molecule has 1 aliphatic rings. The number of aromatic nitrogens is 1. The number of hydrogen-bond donors (Lipinski definition) is 1. The topological polar surface area (TPSA) is 45.2 Å². The molecule has 1 aromatic heterocycles. The van der Waals surface area contributed by atoms with E-state index in [0.717, 1.165) is 16.9 Å². The van der Waals surface area contributed by atoms with Crippen LogP contribution < -0.4 is 10.2 Å². The van der Waals surface area contributed by atoms with Gasteiger partial charge in [-0.3, -0.25) is 14.7 Å². The van der Waals surface area contributed by atoms with Crippen molar-refractivity contribution in [2.75, 3.05) is 10.2 Å². The molecular weight excluding hydrogens is 322 g/mol. The number of nitrogens with zero attached hydrogens (tertiary/aromatic N) is 2. The summed E-state index contributed by atoms with van der Waals surface area (Å²) < 4.78 is 0. The fraction of sp³-hybridized carbons (Fsp3) is 0.0526. The molecule has 5 heteroatoms. The van der Waals surface area contributed by atoms with Gasteiger partial charge in [-0.25, -0.2) is 0 Å². The Morgan fingerprint density at radius 2 is 1.79 bits per heavy atom. The Labute approximate surface area is 144 Å². The van der Waals surface area contributed by atoms with E-state index in [1.54, 1.807) is 17.3 Å². The zero-order chi connectivity index (χ0) is 16.5. The van der Waals surface area contributed by atoms with E-state index < -0.39 is 0 Å². The predicted octanol–water partition coefficient (Wildman–Crippen LogP) is 4.51. The molecule has 2 heterocycles. The molecule has 0 unspecified atom stereocenters. The number of rotatable bonds is 3. The molecule has 1 amide bonds. The third kappa shape index (κ3) is 2.41. The third-order valence-electron chi connectivity index (χ3n) is 4.05. The van der Waals surface area contributed by atoms with E-state index >= 15 is 0 Å². The van der Waals surface area contributed by atoms with Gasteiger partial charge in [0.25, 0.3) is 5.91 Å². The smallest absolute Gasteiger partial charge is 0.260 e. The van der Waals surface area contributed by atoms with Crippen LogP contribution in [0.1, 0.15) is 22.1 Å². The van der Waals surface area contributed by atoms with Gasteiger partial charge in [-0.05, 0) is 30.3 Å². The molecule has 3 aromatic rings. The first-order valence-corrected chi connectivity index (χ1v) is 7.97. The molecule has 1 N–H and O–H groups in total. The van der Waals surface area contributed by atoms with Gasteiger partial charge in [-0.15, -0.1) is 0 Å². The fourth-order valence-corrected chi connectivity index (χ4v) is 3.14. The SMILES string of the molecule is O=C1c2ccccc2[C@@H](Nc2ccccc2Cl)N1c1cccnc1. The maximum absolute atomic E-state index is 12.9. The lowest BCUT2D eigenvalue weighted by atomic mass is 10.1. The third-order valence-corrected chi connectivity index (χ3v) is 4.38. The van der Waals surface area contributed by atoms with Crippen molar-refractivity contribution >= 4 is 28.9 Å². The van der Waals surface area contributed by atoms with Crippen LogP contribution in [0.25, 0.3) is 0 Å². The van der Waals surface area contributed by atoms with Gasteiger partial charge in [0.2, 0.25) is 0 Å². The molecule has 0 bridgehead atoms. The van der Waals surface area contributed by atoms with Gasteiger partial charge in [-0.1, -0.05) is 41.9 Å². The minimum Gasteiger partial charge on any atom is -0.360 e. The molecule has 0 spiro atoms. The standard InChI is InChI=1S/C19H14ClN3O/c20-16-9-3-4-10-17(16)22-18-14-7-1-2-8-15(14)19(24)23(18)13-6-5-11-21-12-13/h1-12,18,22H/t18-/m0/s1. The van der Waals surface area contributed by atoms with Crippen molar-refractivity contribution in [1.82, 2.24) is 4.98 Å². The highest BCUT2D eigenvalue weighted by molar-refractivity contribution is 6.33. The molecule has 0 saturated carbocycles. The Kier molecular flexibility index (Phi) is 3.67. The van der Waals surface area contributed by atoms with Crippen molar-refractivity contribution in [3.05, 3.63) is 89.2 Å². The minimum absolute atomic E-state index is 0.0526. The summed E-state index contributed by atoms with van der Waals surface area (Å²) in [6.07, 6.45) is 3.04. The molecule has 2 aromatic carbocycles. The summed E-state index contributed by atoms with van der Waals surface area (Å²) in [6, 6.07) is 18.8. The molecule has 24 heavy (non-hydrogen) atoms. The zero-order valence-corrected chi connectivity index (χ0v) is 13.4. The van der Waals surface area contributed by atoms with Gasteiger partial charge < -0.3 is 5.32 Å². The average Bonchev–Trinajstić information content (AvgIpc) is 2.90.